The SMILES string of the molecule is CCOCCCN1C(=O)C(c2ccc([N+](=O)[O-])cc2)=C(N2CC(C)CC(C)C2)C1=O. The number of carbonyl (C=O) groups excluding carboxylic acids is 2. The third-order valence-electron chi connectivity index (χ3n) is 5.57. The molecule has 8 nitrogen and oxygen atoms in total. The highest BCUT2D eigenvalue weighted by atomic mass is 16.6. The largest absolute Gasteiger partial charge is 0.382 e. The molecule has 0 aliphatic carbocycles. The smallest absolute Gasteiger partial charge is 0.277 e. The minimum absolute atomic E-state index is 0.0496. The Balaban J connectivity index is 1.96. The number of hydrogen-bond donors (Lipinski definition) is 0. The average molecular weight is 415 g/mol. The van der Waals surface area contributed by atoms with Crippen molar-refractivity contribution in [3.8, 4) is 0 Å². The molecular weight excluding hydrogens is 386 g/mol. The van der Waals surface area contributed by atoms with Gasteiger partial charge < -0.3 is 9.64 Å². The number of amides is 2. The Morgan fingerprint density at radius 2 is 1.73 bits per heavy atom. The molecule has 8 heteroatoms. The van der Waals surface area contributed by atoms with Crippen molar-refractivity contribution in [2.75, 3.05) is 32.8 Å². The molecule has 1 saturated heterocycles. The van der Waals surface area contributed by atoms with Gasteiger partial charge >= 0.3 is 0 Å². The Hall–Kier alpha value is -2.74. The van der Waals surface area contributed by atoms with Crippen LogP contribution in [-0.4, -0.2) is 59.4 Å². The summed E-state index contributed by atoms with van der Waals surface area (Å²) in [5, 5.41) is 11.0. The number of nitrogens with zero attached hydrogens (tertiary/aromatic N) is 3. The van der Waals surface area contributed by atoms with Crippen LogP contribution >= 0.6 is 0 Å². The second-order valence-electron chi connectivity index (χ2n) is 8.19. The molecule has 3 rings (SSSR count). The lowest BCUT2D eigenvalue weighted by Gasteiger charge is -2.37. The predicted octanol–water partition coefficient (Wildman–Crippen LogP) is 3.08. The van der Waals surface area contributed by atoms with Crippen LogP contribution in [0.2, 0.25) is 0 Å². The van der Waals surface area contributed by atoms with E-state index in [0.717, 1.165) is 6.42 Å². The lowest BCUT2D eigenvalue weighted by molar-refractivity contribution is -0.384. The number of rotatable bonds is 8. The monoisotopic (exact) mass is 415 g/mol. The molecule has 0 aromatic heterocycles. The van der Waals surface area contributed by atoms with Crippen molar-refractivity contribution in [2.45, 2.75) is 33.6 Å². The highest BCUT2D eigenvalue weighted by molar-refractivity contribution is 6.35. The number of hydrogen-bond acceptors (Lipinski definition) is 6. The molecule has 2 amide bonds. The van der Waals surface area contributed by atoms with Crippen LogP contribution in [0.25, 0.3) is 5.57 Å². The van der Waals surface area contributed by atoms with Crippen LogP contribution in [0.1, 0.15) is 39.2 Å². The van der Waals surface area contributed by atoms with Crippen LogP contribution in [-0.2, 0) is 14.3 Å². The molecule has 0 spiro atoms. The molecule has 2 atom stereocenters. The first kappa shape index (κ1) is 22.0. The minimum Gasteiger partial charge on any atom is -0.382 e. The van der Waals surface area contributed by atoms with Crippen molar-refractivity contribution in [1.82, 2.24) is 9.80 Å². The van der Waals surface area contributed by atoms with E-state index >= 15 is 0 Å². The van der Waals surface area contributed by atoms with Gasteiger partial charge in [0.1, 0.15) is 5.70 Å². The number of non-ortho nitro benzene ring substituents is 1. The van der Waals surface area contributed by atoms with Crippen LogP contribution in [0, 0.1) is 22.0 Å². The number of nitro benzene ring substituents is 1. The first-order valence-corrected chi connectivity index (χ1v) is 10.5. The Morgan fingerprint density at radius 1 is 1.10 bits per heavy atom. The molecule has 2 aliphatic heterocycles. The van der Waals surface area contributed by atoms with Gasteiger partial charge in [-0.05, 0) is 49.3 Å². The molecule has 2 heterocycles. The Bertz CT molecular complexity index is 839. The second kappa shape index (κ2) is 9.38. The summed E-state index contributed by atoms with van der Waals surface area (Å²) in [6.45, 7) is 8.97. The number of ether oxygens (including phenoxy) is 1. The van der Waals surface area contributed by atoms with Gasteiger partial charge in [0.25, 0.3) is 17.5 Å². The molecule has 162 valence electrons. The zero-order valence-electron chi connectivity index (χ0n) is 17.8. The molecule has 0 saturated carbocycles. The second-order valence-corrected chi connectivity index (χ2v) is 8.19. The van der Waals surface area contributed by atoms with Gasteiger partial charge in [0.15, 0.2) is 0 Å². The lowest BCUT2D eigenvalue weighted by Crippen LogP contribution is -2.42. The quantitative estimate of drug-likeness (QED) is 0.280. The van der Waals surface area contributed by atoms with Gasteiger partial charge in [0.2, 0.25) is 0 Å². The standard InChI is InChI=1S/C22H29N3O5/c1-4-30-11-5-10-24-21(26)19(17-6-8-18(9-7-17)25(28)29)20(22(24)27)23-13-15(2)12-16(3)14-23/h6-9,15-16H,4-5,10-14H2,1-3H3. The maximum absolute atomic E-state index is 13.3. The van der Waals surface area contributed by atoms with E-state index < -0.39 is 4.92 Å². The van der Waals surface area contributed by atoms with Crippen LogP contribution < -0.4 is 0 Å². The summed E-state index contributed by atoms with van der Waals surface area (Å²) < 4.78 is 5.35. The maximum Gasteiger partial charge on any atom is 0.277 e. The zero-order chi connectivity index (χ0) is 21.8. The average Bonchev–Trinajstić information content (AvgIpc) is 2.95. The third kappa shape index (κ3) is 4.53. The van der Waals surface area contributed by atoms with Gasteiger partial charge in [-0.25, -0.2) is 0 Å². The van der Waals surface area contributed by atoms with Crippen molar-refractivity contribution in [1.29, 1.82) is 0 Å². The van der Waals surface area contributed by atoms with E-state index in [2.05, 4.69) is 13.8 Å². The fraction of sp³-hybridized carbons (Fsp3) is 0.545. The fourth-order valence-corrected chi connectivity index (χ4v) is 4.38. The van der Waals surface area contributed by atoms with E-state index in [0.29, 0.717) is 61.4 Å². The van der Waals surface area contributed by atoms with Crippen molar-refractivity contribution < 1.29 is 19.2 Å². The number of piperidine rings is 1. The molecule has 1 aromatic rings. The molecule has 0 bridgehead atoms. The lowest BCUT2D eigenvalue weighted by atomic mass is 9.91. The summed E-state index contributed by atoms with van der Waals surface area (Å²) in [4.78, 5) is 40.4. The van der Waals surface area contributed by atoms with E-state index in [-0.39, 0.29) is 24.0 Å². The molecular formula is C22H29N3O5. The van der Waals surface area contributed by atoms with Gasteiger partial charge in [-0.1, -0.05) is 13.8 Å². The number of benzene rings is 1. The highest BCUT2D eigenvalue weighted by Crippen LogP contribution is 2.35. The van der Waals surface area contributed by atoms with Crippen molar-refractivity contribution in [3.63, 3.8) is 0 Å². The van der Waals surface area contributed by atoms with Gasteiger partial charge in [0.05, 0.1) is 10.5 Å². The Labute approximate surface area is 176 Å². The van der Waals surface area contributed by atoms with E-state index in [4.69, 9.17) is 4.74 Å². The topological polar surface area (TPSA) is 93.0 Å². The zero-order valence-corrected chi connectivity index (χ0v) is 17.8. The van der Waals surface area contributed by atoms with E-state index in [1.54, 1.807) is 12.1 Å². The molecule has 1 fully saturated rings. The van der Waals surface area contributed by atoms with Crippen LogP contribution in [0.4, 0.5) is 5.69 Å². The Kier molecular flexibility index (Phi) is 6.87. The number of carbonyl (C=O) groups is 2. The van der Waals surface area contributed by atoms with Crippen molar-refractivity contribution >= 4 is 23.1 Å². The Morgan fingerprint density at radius 3 is 2.30 bits per heavy atom. The predicted molar refractivity (Wildman–Crippen MR) is 112 cm³/mol. The van der Waals surface area contributed by atoms with Crippen LogP contribution in [0.3, 0.4) is 0 Å². The van der Waals surface area contributed by atoms with E-state index in [9.17, 15) is 19.7 Å². The summed E-state index contributed by atoms with van der Waals surface area (Å²) in [5.41, 5.74) is 1.25. The summed E-state index contributed by atoms with van der Waals surface area (Å²) in [6.07, 6.45) is 1.65. The number of imide groups is 1. The maximum atomic E-state index is 13.3. The fourth-order valence-electron chi connectivity index (χ4n) is 4.38. The first-order chi connectivity index (χ1) is 14.3. The van der Waals surface area contributed by atoms with Gasteiger partial charge in [-0.3, -0.25) is 24.6 Å². The molecule has 0 N–H and O–H groups in total. The third-order valence-corrected chi connectivity index (χ3v) is 5.57. The molecule has 0 radical (unpaired) electrons. The summed E-state index contributed by atoms with van der Waals surface area (Å²) in [5.74, 6) is 0.195. The highest BCUT2D eigenvalue weighted by Gasteiger charge is 2.42. The van der Waals surface area contributed by atoms with Crippen LogP contribution in [0.15, 0.2) is 30.0 Å². The summed E-state index contributed by atoms with van der Waals surface area (Å²) >= 11 is 0. The van der Waals surface area contributed by atoms with Crippen LogP contribution in [0.5, 0.6) is 0 Å². The summed E-state index contributed by atoms with van der Waals surface area (Å²) in [6, 6.07) is 5.85. The summed E-state index contributed by atoms with van der Waals surface area (Å²) in [7, 11) is 0. The van der Waals surface area contributed by atoms with Gasteiger partial charge in [0, 0.05) is 45.0 Å². The van der Waals surface area contributed by atoms with Crippen molar-refractivity contribution in [2.24, 2.45) is 11.8 Å². The van der Waals surface area contributed by atoms with Crippen molar-refractivity contribution in [3.05, 3.63) is 45.6 Å². The van der Waals surface area contributed by atoms with E-state index in [1.807, 2.05) is 11.8 Å². The normalized spacial score (nSPS) is 22.2. The number of nitro groups is 1. The molecule has 2 aliphatic rings. The molecule has 1 aromatic carbocycles. The molecule has 30 heavy (non-hydrogen) atoms. The van der Waals surface area contributed by atoms with Gasteiger partial charge in [-0.15, -0.1) is 0 Å². The molecule has 2 unspecified atom stereocenters. The minimum atomic E-state index is -0.477. The number of likely N-dealkylation sites (tertiary alicyclic amines) is 1. The van der Waals surface area contributed by atoms with E-state index in [1.165, 1.54) is 17.0 Å². The first-order valence-electron chi connectivity index (χ1n) is 10.5. The van der Waals surface area contributed by atoms with Gasteiger partial charge in [-0.2, -0.15) is 0 Å².